The van der Waals surface area contributed by atoms with Crippen LogP contribution in [-0.4, -0.2) is 33.0 Å². The van der Waals surface area contributed by atoms with Crippen molar-refractivity contribution in [2.75, 3.05) is 26.9 Å². The fourth-order valence-corrected chi connectivity index (χ4v) is 4.30. The monoisotopic (exact) mass is 405 g/mol. The normalized spacial score (nSPS) is 22.3. The molecule has 0 radical (unpaired) electrons. The van der Waals surface area contributed by atoms with Gasteiger partial charge in [-0.2, -0.15) is 0 Å². The molecule has 0 unspecified atom stereocenters. The fourth-order valence-electron chi connectivity index (χ4n) is 4.30. The molecule has 166 valence electrons. The Balaban J connectivity index is 1.92. The van der Waals surface area contributed by atoms with Gasteiger partial charge >= 0.3 is 0 Å². The lowest BCUT2D eigenvalue weighted by atomic mass is 9.69. The van der Waals surface area contributed by atoms with Gasteiger partial charge in [0, 0.05) is 13.2 Å². The van der Waals surface area contributed by atoms with E-state index in [-0.39, 0.29) is 0 Å². The van der Waals surface area contributed by atoms with Crippen molar-refractivity contribution < 1.29 is 14.2 Å². The lowest BCUT2D eigenvalue weighted by Gasteiger charge is -2.43. The SMILES string of the molecule is CCOc1ccc(CNCC[C@]2(CCC(C)C)CCO[C@@H](C(C)C)C2)cc1OC. The summed E-state index contributed by atoms with van der Waals surface area (Å²) in [5, 5.41) is 3.67. The zero-order valence-electron chi connectivity index (χ0n) is 19.6. The van der Waals surface area contributed by atoms with E-state index in [1.807, 2.05) is 13.0 Å². The number of benzene rings is 1. The number of rotatable bonds is 12. The molecule has 2 atom stereocenters. The van der Waals surface area contributed by atoms with Gasteiger partial charge in [0.05, 0.1) is 19.8 Å². The summed E-state index contributed by atoms with van der Waals surface area (Å²) in [5.74, 6) is 2.98. The third-order valence-electron chi connectivity index (χ3n) is 6.28. The molecule has 0 bridgehead atoms. The second kappa shape index (κ2) is 11.8. The maximum atomic E-state index is 6.09. The van der Waals surface area contributed by atoms with Gasteiger partial charge in [0.1, 0.15) is 0 Å². The molecular formula is C25H43NO3. The third kappa shape index (κ3) is 7.49. The molecule has 4 nitrogen and oxygen atoms in total. The predicted octanol–water partition coefficient (Wildman–Crippen LogP) is 5.83. The summed E-state index contributed by atoms with van der Waals surface area (Å²) in [6, 6.07) is 6.21. The lowest BCUT2D eigenvalue weighted by molar-refractivity contribution is -0.0761. The Bertz CT molecular complexity index is 602. The van der Waals surface area contributed by atoms with Gasteiger partial charge in [0.2, 0.25) is 0 Å². The number of hydrogen-bond acceptors (Lipinski definition) is 4. The van der Waals surface area contributed by atoms with E-state index in [1.54, 1.807) is 7.11 Å². The van der Waals surface area contributed by atoms with Crippen LogP contribution in [0.5, 0.6) is 11.5 Å². The average Bonchev–Trinajstić information content (AvgIpc) is 2.71. The standard InChI is InChI=1S/C25H43NO3/c1-7-28-22-9-8-21(16-23(22)27-6)18-26-14-12-25(11-10-19(2)3)13-15-29-24(17-25)20(4)5/h8-9,16,19-20,24,26H,7,10-15,17-18H2,1-6H3/t24-,25-/m1/s1. The first-order valence-corrected chi connectivity index (χ1v) is 11.5. The van der Waals surface area contributed by atoms with Crippen LogP contribution in [0.2, 0.25) is 0 Å². The highest BCUT2D eigenvalue weighted by atomic mass is 16.5. The maximum absolute atomic E-state index is 6.09. The molecule has 0 saturated carbocycles. The molecule has 1 aliphatic rings. The Kier molecular flexibility index (Phi) is 9.78. The van der Waals surface area contributed by atoms with E-state index in [0.29, 0.717) is 24.0 Å². The van der Waals surface area contributed by atoms with Gasteiger partial charge in [-0.05, 0) is 74.1 Å². The van der Waals surface area contributed by atoms with E-state index in [2.05, 4.69) is 45.1 Å². The minimum atomic E-state index is 0.409. The Morgan fingerprint density at radius 2 is 1.97 bits per heavy atom. The number of nitrogens with one attached hydrogen (secondary N) is 1. The minimum absolute atomic E-state index is 0.409. The smallest absolute Gasteiger partial charge is 0.161 e. The first-order chi connectivity index (χ1) is 13.9. The van der Waals surface area contributed by atoms with Gasteiger partial charge in [-0.3, -0.25) is 0 Å². The predicted molar refractivity (Wildman–Crippen MR) is 121 cm³/mol. The van der Waals surface area contributed by atoms with Crippen LogP contribution in [0.15, 0.2) is 18.2 Å². The van der Waals surface area contributed by atoms with Crippen molar-refractivity contribution in [3.63, 3.8) is 0 Å². The van der Waals surface area contributed by atoms with Gasteiger partial charge in [0.15, 0.2) is 11.5 Å². The summed E-state index contributed by atoms with van der Waals surface area (Å²) >= 11 is 0. The molecule has 1 heterocycles. The van der Waals surface area contributed by atoms with Crippen LogP contribution >= 0.6 is 0 Å². The Morgan fingerprint density at radius 1 is 1.17 bits per heavy atom. The summed E-state index contributed by atoms with van der Waals surface area (Å²) in [6.45, 7) is 14.7. The van der Waals surface area contributed by atoms with Gasteiger partial charge < -0.3 is 19.5 Å². The molecule has 1 saturated heterocycles. The van der Waals surface area contributed by atoms with Crippen LogP contribution in [0.3, 0.4) is 0 Å². The quantitative estimate of drug-likeness (QED) is 0.444. The van der Waals surface area contributed by atoms with Crippen molar-refractivity contribution in [1.29, 1.82) is 0 Å². The van der Waals surface area contributed by atoms with Crippen LogP contribution < -0.4 is 14.8 Å². The second-order valence-corrected chi connectivity index (χ2v) is 9.38. The zero-order valence-corrected chi connectivity index (χ0v) is 19.6. The maximum Gasteiger partial charge on any atom is 0.161 e. The van der Waals surface area contributed by atoms with Crippen molar-refractivity contribution in [2.24, 2.45) is 17.3 Å². The molecule has 4 heteroatoms. The molecule has 0 spiro atoms. The Labute approximate surface area is 178 Å². The van der Waals surface area contributed by atoms with Gasteiger partial charge in [0.25, 0.3) is 0 Å². The first kappa shape index (κ1) is 24.0. The number of hydrogen-bond donors (Lipinski definition) is 1. The van der Waals surface area contributed by atoms with Crippen LogP contribution in [0.1, 0.15) is 72.3 Å². The van der Waals surface area contributed by atoms with Gasteiger partial charge in [-0.25, -0.2) is 0 Å². The minimum Gasteiger partial charge on any atom is -0.493 e. The van der Waals surface area contributed by atoms with E-state index < -0.39 is 0 Å². The third-order valence-corrected chi connectivity index (χ3v) is 6.28. The second-order valence-electron chi connectivity index (χ2n) is 9.38. The van der Waals surface area contributed by atoms with Crippen LogP contribution in [-0.2, 0) is 11.3 Å². The van der Waals surface area contributed by atoms with Crippen molar-refractivity contribution in [3.8, 4) is 11.5 Å². The average molecular weight is 406 g/mol. The molecule has 1 aromatic rings. The van der Waals surface area contributed by atoms with E-state index in [9.17, 15) is 0 Å². The molecule has 0 aliphatic carbocycles. The van der Waals surface area contributed by atoms with Gasteiger partial charge in [-0.15, -0.1) is 0 Å². The molecule has 1 aromatic carbocycles. The van der Waals surface area contributed by atoms with Crippen LogP contribution in [0, 0.1) is 17.3 Å². The topological polar surface area (TPSA) is 39.7 Å². The fraction of sp³-hybridized carbons (Fsp3) is 0.760. The lowest BCUT2D eigenvalue weighted by Crippen LogP contribution is -2.39. The Hall–Kier alpha value is -1.26. The first-order valence-electron chi connectivity index (χ1n) is 11.5. The van der Waals surface area contributed by atoms with Crippen molar-refractivity contribution in [3.05, 3.63) is 23.8 Å². The Morgan fingerprint density at radius 3 is 2.62 bits per heavy atom. The summed E-state index contributed by atoms with van der Waals surface area (Å²) < 4.78 is 17.2. The number of methoxy groups -OCH3 is 1. The van der Waals surface area contributed by atoms with Crippen molar-refractivity contribution >= 4 is 0 Å². The van der Waals surface area contributed by atoms with E-state index in [1.165, 1.54) is 37.7 Å². The van der Waals surface area contributed by atoms with Gasteiger partial charge in [-0.1, -0.05) is 40.2 Å². The van der Waals surface area contributed by atoms with Crippen LogP contribution in [0.25, 0.3) is 0 Å². The highest BCUT2D eigenvalue weighted by Crippen LogP contribution is 2.43. The summed E-state index contributed by atoms with van der Waals surface area (Å²) in [7, 11) is 1.70. The molecule has 2 rings (SSSR count). The summed E-state index contributed by atoms with van der Waals surface area (Å²) in [5.41, 5.74) is 1.65. The van der Waals surface area contributed by atoms with Crippen molar-refractivity contribution in [2.45, 2.75) is 79.4 Å². The molecule has 0 aromatic heterocycles. The van der Waals surface area contributed by atoms with E-state index in [4.69, 9.17) is 14.2 Å². The summed E-state index contributed by atoms with van der Waals surface area (Å²) in [6.07, 6.45) is 6.65. The highest BCUT2D eigenvalue weighted by Gasteiger charge is 2.37. The molecule has 1 fully saturated rings. The molecule has 1 aliphatic heterocycles. The van der Waals surface area contributed by atoms with Crippen LogP contribution in [0.4, 0.5) is 0 Å². The molecular weight excluding hydrogens is 362 g/mol. The van der Waals surface area contributed by atoms with Crippen molar-refractivity contribution in [1.82, 2.24) is 5.32 Å². The van der Waals surface area contributed by atoms with E-state index in [0.717, 1.165) is 37.1 Å². The van der Waals surface area contributed by atoms with E-state index >= 15 is 0 Å². The summed E-state index contributed by atoms with van der Waals surface area (Å²) in [4.78, 5) is 0. The zero-order chi connectivity index (χ0) is 21.3. The molecule has 0 amide bonds. The molecule has 1 N–H and O–H groups in total. The number of ether oxygens (including phenoxy) is 3. The largest absolute Gasteiger partial charge is 0.493 e. The molecule has 29 heavy (non-hydrogen) atoms. The highest BCUT2D eigenvalue weighted by molar-refractivity contribution is 5.42.